The Hall–Kier alpha value is -1.85. The van der Waals surface area contributed by atoms with Crippen LogP contribution in [0.1, 0.15) is 310 Å². The Labute approximate surface area is 386 Å². The smallest absolute Gasteiger partial charge is 0.306 e. The Balaban J connectivity index is 4.24. The monoisotopic (exact) mass is 875 g/mol. The molecule has 1 atom stereocenters. The van der Waals surface area contributed by atoms with Gasteiger partial charge in [-0.3, -0.25) is 14.4 Å². The van der Waals surface area contributed by atoms with Crippen molar-refractivity contribution in [2.45, 2.75) is 316 Å². The number of ether oxygens (including phenoxy) is 3. The maximum atomic E-state index is 12.8. The fraction of sp³-hybridized carbons (Fsp3) is 0.911. The van der Waals surface area contributed by atoms with Crippen molar-refractivity contribution in [3.63, 3.8) is 0 Å². The maximum Gasteiger partial charge on any atom is 0.306 e. The summed E-state index contributed by atoms with van der Waals surface area (Å²) in [6, 6.07) is 0. The van der Waals surface area contributed by atoms with Crippen LogP contribution in [-0.2, 0) is 28.6 Å². The third-order valence-electron chi connectivity index (χ3n) is 12.5. The summed E-state index contributed by atoms with van der Waals surface area (Å²) >= 11 is 0. The van der Waals surface area contributed by atoms with Crippen LogP contribution in [0.15, 0.2) is 12.2 Å². The van der Waals surface area contributed by atoms with Gasteiger partial charge in [0.05, 0.1) is 0 Å². The second-order valence-electron chi connectivity index (χ2n) is 18.9. The lowest BCUT2D eigenvalue weighted by molar-refractivity contribution is -0.167. The van der Waals surface area contributed by atoms with Crippen molar-refractivity contribution in [1.82, 2.24) is 0 Å². The zero-order valence-corrected chi connectivity index (χ0v) is 41.9. The van der Waals surface area contributed by atoms with Crippen LogP contribution >= 0.6 is 0 Å². The number of hydrogen-bond acceptors (Lipinski definition) is 6. The molecule has 0 radical (unpaired) electrons. The highest BCUT2D eigenvalue weighted by molar-refractivity contribution is 5.71. The standard InChI is InChI=1S/C56H106O6/c1-4-7-10-13-16-19-21-23-25-27-28-29-31-32-34-37-40-43-46-49-55(58)61-52-53(51-60-54(57)48-45-42-39-36-18-15-12-9-6-3)62-56(59)50-47-44-41-38-35-33-30-26-24-22-20-17-14-11-8-5-2/h26,30,53H,4-25,27-29,31-52H2,1-3H3/b30-26-. The molecule has 0 spiro atoms. The highest BCUT2D eigenvalue weighted by atomic mass is 16.6. The van der Waals surface area contributed by atoms with Gasteiger partial charge in [0.25, 0.3) is 0 Å². The molecule has 0 aromatic heterocycles. The van der Waals surface area contributed by atoms with E-state index in [4.69, 9.17) is 14.2 Å². The van der Waals surface area contributed by atoms with E-state index >= 15 is 0 Å². The van der Waals surface area contributed by atoms with Crippen molar-refractivity contribution in [2.75, 3.05) is 13.2 Å². The number of carbonyl (C=O) groups excluding carboxylic acids is 3. The van der Waals surface area contributed by atoms with Crippen molar-refractivity contribution < 1.29 is 28.6 Å². The molecule has 366 valence electrons. The molecule has 0 fully saturated rings. The quantitative estimate of drug-likeness (QED) is 0.0262. The second-order valence-corrected chi connectivity index (χ2v) is 18.9. The van der Waals surface area contributed by atoms with Crippen LogP contribution in [-0.4, -0.2) is 37.2 Å². The van der Waals surface area contributed by atoms with Gasteiger partial charge < -0.3 is 14.2 Å². The molecule has 0 saturated carbocycles. The van der Waals surface area contributed by atoms with Gasteiger partial charge in [-0.2, -0.15) is 0 Å². The minimum atomic E-state index is -0.767. The van der Waals surface area contributed by atoms with Crippen LogP contribution in [0, 0.1) is 0 Å². The summed E-state index contributed by atoms with van der Waals surface area (Å²) in [7, 11) is 0. The van der Waals surface area contributed by atoms with Crippen molar-refractivity contribution in [1.29, 1.82) is 0 Å². The van der Waals surface area contributed by atoms with Gasteiger partial charge in [0.15, 0.2) is 6.10 Å². The van der Waals surface area contributed by atoms with Crippen LogP contribution < -0.4 is 0 Å². The molecule has 6 nitrogen and oxygen atoms in total. The van der Waals surface area contributed by atoms with Gasteiger partial charge in [0.1, 0.15) is 13.2 Å². The first-order valence-corrected chi connectivity index (χ1v) is 27.7. The van der Waals surface area contributed by atoms with Crippen LogP contribution in [0.3, 0.4) is 0 Å². The van der Waals surface area contributed by atoms with Crippen molar-refractivity contribution in [3.05, 3.63) is 12.2 Å². The zero-order chi connectivity index (χ0) is 45.1. The summed E-state index contributed by atoms with van der Waals surface area (Å²) in [5, 5.41) is 0. The fourth-order valence-corrected chi connectivity index (χ4v) is 8.32. The zero-order valence-electron chi connectivity index (χ0n) is 41.9. The first-order chi connectivity index (χ1) is 30.5. The molecular weight excluding hydrogens is 769 g/mol. The first kappa shape index (κ1) is 60.2. The highest BCUT2D eigenvalue weighted by Gasteiger charge is 2.19. The molecular formula is C56H106O6. The molecule has 0 aromatic carbocycles. The summed E-state index contributed by atoms with van der Waals surface area (Å²) in [6.07, 6.45) is 57.8. The van der Waals surface area contributed by atoms with E-state index in [2.05, 4.69) is 32.9 Å². The van der Waals surface area contributed by atoms with E-state index in [1.165, 1.54) is 205 Å². The van der Waals surface area contributed by atoms with Gasteiger partial charge in [-0.25, -0.2) is 0 Å². The Bertz CT molecular complexity index is 962. The van der Waals surface area contributed by atoms with E-state index in [0.717, 1.165) is 64.2 Å². The van der Waals surface area contributed by atoms with Gasteiger partial charge in [-0.15, -0.1) is 0 Å². The average Bonchev–Trinajstić information content (AvgIpc) is 3.27. The molecule has 0 aliphatic heterocycles. The lowest BCUT2D eigenvalue weighted by Crippen LogP contribution is -2.30. The van der Waals surface area contributed by atoms with E-state index in [9.17, 15) is 14.4 Å². The minimum Gasteiger partial charge on any atom is -0.462 e. The van der Waals surface area contributed by atoms with Crippen molar-refractivity contribution >= 4 is 17.9 Å². The first-order valence-electron chi connectivity index (χ1n) is 27.7. The van der Waals surface area contributed by atoms with Gasteiger partial charge in [-0.05, 0) is 44.9 Å². The summed E-state index contributed by atoms with van der Waals surface area (Å²) in [6.45, 7) is 6.66. The van der Waals surface area contributed by atoms with Gasteiger partial charge in [0, 0.05) is 19.3 Å². The molecule has 0 amide bonds. The number of unbranched alkanes of at least 4 members (excludes halogenated alkanes) is 38. The Morgan fingerprint density at radius 3 is 0.806 bits per heavy atom. The molecule has 62 heavy (non-hydrogen) atoms. The average molecular weight is 875 g/mol. The molecule has 0 heterocycles. The molecule has 0 bridgehead atoms. The predicted molar refractivity (Wildman–Crippen MR) is 266 cm³/mol. The molecule has 0 N–H and O–H groups in total. The lowest BCUT2D eigenvalue weighted by atomic mass is 10.0. The normalized spacial score (nSPS) is 12.0. The Kier molecular flexibility index (Phi) is 50.2. The van der Waals surface area contributed by atoms with Crippen LogP contribution in [0.2, 0.25) is 0 Å². The maximum absolute atomic E-state index is 12.8. The fourth-order valence-electron chi connectivity index (χ4n) is 8.32. The minimum absolute atomic E-state index is 0.0680. The molecule has 0 rings (SSSR count). The number of esters is 3. The number of rotatable bonds is 51. The summed E-state index contributed by atoms with van der Waals surface area (Å²) in [5.41, 5.74) is 0. The third kappa shape index (κ3) is 49.2. The van der Waals surface area contributed by atoms with E-state index in [-0.39, 0.29) is 31.1 Å². The van der Waals surface area contributed by atoms with Crippen molar-refractivity contribution in [2.24, 2.45) is 0 Å². The lowest BCUT2D eigenvalue weighted by Gasteiger charge is -2.18. The molecule has 0 aliphatic rings. The van der Waals surface area contributed by atoms with Crippen LogP contribution in [0.4, 0.5) is 0 Å². The highest BCUT2D eigenvalue weighted by Crippen LogP contribution is 2.17. The summed E-state index contributed by atoms with van der Waals surface area (Å²) in [5.74, 6) is -0.859. The number of carbonyl (C=O) groups is 3. The summed E-state index contributed by atoms with van der Waals surface area (Å²) < 4.78 is 16.8. The Morgan fingerprint density at radius 2 is 0.532 bits per heavy atom. The summed E-state index contributed by atoms with van der Waals surface area (Å²) in [4.78, 5) is 38.0. The molecule has 0 saturated heterocycles. The Morgan fingerprint density at radius 1 is 0.306 bits per heavy atom. The largest absolute Gasteiger partial charge is 0.462 e. The molecule has 0 aromatic rings. The number of allylic oxidation sites excluding steroid dienone is 2. The van der Waals surface area contributed by atoms with E-state index < -0.39 is 6.10 Å². The molecule has 0 aliphatic carbocycles. The van der Waals surface area contributed by atoms with E-state index in [1.807, 2.05) is 0 Å². The molecule has 6 heteroatoms. The third-order valence-corrected chi connectivity index (χ3v) is 12.5. The van der Waals surface area contributed by atoms with E-state index in [1.54, 1.807) is 0 Å². The second kappa shape index (κ2) is 51.8. The SMILES string of the molecule is CCCCCCCCC/C=C\CCCCCCCC(=O)OC(COC(=O)CCCCCCCCCCC)COC(=O)CCCCCCCCCCCCCCCCCCCCC. The van der Waals surface area contributed by atoms with Crippen molar-refractivity contribution in [3.8, 4) is 0 Å². The molecule has 1 unspecified atom stereocenters. The van der Waals surface area contributed by atoms with Gasteiger partial charge in [0.2, 0.25) is 0 Å². The predicted octanol–water partition coefficient (Wildman–Crippen LogP) is 18.2. The van der Waals surface area contributed by atoms with Crippen LogP contribution in [0.25, 0.3) is 0 Å². The van der Waals surface area contributed by atoms with Gasteiger partial charge in [-0.1, -0.05) is 258 Å². The van der Waals surface area contributed by atoms with Crippen LogP contribution in [0.5, 0.6) is 0 Å². The topological polar surface area (TPSA) is 78.9 Å². The number of hydrogen-bond donors (Lipinski definition) is 0. The van der Waals surface area contributed by atoms with E-state index in [0.29, 0.717) is 19.3 Å². The van der Waals surface area contributed by atoms with Gasteiger partial charge >= 0.3 is 17.9 Å².